The summed E-state index contributed by atoms with van der Waals surface area (Å²) in [6, 6.07) is 29.9. The highest BCUT2D eigenvalue weighted by Crippen LogP contribution is 2.61. The number of H-pyrrole nitrogens is 2. The molecule has 4 heteroatoms. The minimum absolute atomic E-state index is 0.205. The summed E-state index contributed by atoms with van der Waals surface area (Å²) < 4.78 is 0. The highest BCUT2D eigenvalue weighted by molar-refractivity contribution is 6.11. The van der Waals surface area contributed by atoms with Crippen LogP contribution in [0.15, 0.2) is 121 Å². The molecule has 4 aromatic carbocycles. The first-order valence-electron chi connectivity index (χ1n) is 27.3. The lowest BCUT2D eigenvalue weighted by atomic mass is 9.58. The Kier molecular flexibility index (Phi) is 7.39. The molecular weight excluding hydrogens is 873 g/mol. The number of hydrogen-bond acceptors (Lipinski definition) is 2. The Labute approximate surface area is 422 Å². The number of allylic oxidation sites excluding steroid dienone is 8. The van der Waals surface area contributed by atoms with E-state index in [9.17, 15) is 0 Å². The van der Waals surface area contributed by atoms with Crippen LogP contribution in [0.5, 0.6) is 0 Å². The molecule has 7 aromatic rings. The first kappa shape index (κ1) is 41.0. The Balaban J connectivity index is 1.01. The van der Waals surface area contributed by atoms with Gasteiger partial charge in [-0.2, -0.15) is 0 Å². The molecular formula is C68H62N4. The summed E-state index contributed by atoms with van der Waals surface area (Å²) in [6.45, 7) is 19.7. The van der Waals surface area contributed by atoms with Crippen LogP contribution >= 0.6 is 0 Å². The van der Waals surface area contributed by atoms with Crippen molar-refractivity contribution in [2.45, 2.75) is 128 Å². The van der Waals surface area contributed by atoms with E-state index in [1.54, 1.807) is 0 Å². The van der Waals surface area contributed by atoms with Gasteiger partial charge in [-0.05, 0) is 165 Å². The molecule has 14 aliphatic rings. The van der Waals surface area contributed by atoms with Crippen molar-refractivity contribution in [1.29, 1.82) is 0 Å². The molecule has 3 aromatic heterocycles. The third-order valence-electron chi connectivity index (χ3n) is 20.7. The molecule has 0 saturated heterocycles. The lowest BCUT2D eigenvalue weighted by Crippen LogP contribution is -2.32. The highest BCUT2D eigenvalue weighted by Gasteiger charge is 2.46. The maximum atomic E-state index is 5.77. The molecule has 0 fully saturated rings. The second-order valence-corrected chi connectivity index (χ2v) is 27.0. The molecule has 5 heterocycles. The van der Waals surface area contributed by atoms with Crippen molar-refractivity contribution in [3.05, 3.63) is 166 Å². The number of benzene rings is 4. The highest BCUT2D eigenvalue weighted by atomic mass is 14.8. The quantitative estimate of drug-likeness (QED) is 0.149. The van der Waals surface area contributed by atoms with Gasteiger partial charge < -0.3 is 9.97 Å². The fourth-order valence-corrected chi connectivity index (χ4v) is 17.2. The van der Waals surface area contributed by atoms with Crippen molar-refractivity contribution in [1.82, 2.24) is 19.9 Å². The minimum Gasteiger partial charge on any atom is -0.354 e. The SMILES string of the molecule is CC1(C)CC2C=CC1c1cc3c(cc12)-c1cc2[nH]c(cc4nc(cc5[nH]c(cc-3n1)c1cc3c(cc51)C1C=CC3C(C)(C)C1)-c1cc3c(cc1-4)C1C=CC3CC1(C)C)c1cc3c(cc21)C1C=CC3C(C)(C)C1. The zero-order valence-corrected chi connectivity index (χ0v) is 42.9. The average Bonchev–Trinajstić information content (AvgIpc) is 4.06. The van der Waals surface area contributed by atoms with E-state index in [-0.39, 0.29) is 21.7 Å². The van der Waals surface area contributed by atoms with Crippen LogP contribution in [-0.2, 0) is 0 Å². The topological polar surface area (TPSA) is 57.4 Å². The Hall–Kier alpha value is -6.52. The van der Waals surface area contributed by atoms with Gasteiger partial charge in [-0.25, -0.2) is 9.97 Å². The number of fused-ring (bicyclic) bond motifs is 24. The molecule has 8 atom stereocenters. The molecule has 2 aliphatic heterocycles. The number of aromatic nitrogens is 4. The van der Waals surface area contributed by atoms with Crippen molar-refractivity contribution in [3.8, 4) is 45.0 Å². The third-order valence-corrected chi connectivity index (χ3v) is 20.7. The van der Waals surface area contributed by atoms with Gasteiger partial charge in [0, 0.05) is 113 Å². The first-order valence-corrected chi connectivity index (χ1v) is 27.3. The van der Waals surface area contributed by atoms with Crippen molar-refractivity contribution in [3.63, 3.8) is 0 Å². The molecule has 354 valence electrons. The van der Waals surface area contributed by atoms with E-state index in [0.717, 1.165) is 44.8 Å². The lowest BCUT2D eigenvalue weighted by molar-refractivity contribution is 0.251. The van der Waals surface area contributed by atoms with E-state index in [0.29, 0.717) is 47.3 Å². The fraction of sp³-hybridized carbons (Fsp3) is 0.353. The molecule has 0 radical (unpaired) electrons. The smallest absolute Gasteiger partial charge is 0.0737 e. The molecule has 72 heavy (non-hydrogen) atoms. The minimum atomic E-state index is 0.205. The van der Waals surface area contributed by atoms with Crippen LogP contribution in [0.4, 0.5) is 0 Å². The van der Waals surface area contributed by atoms with Crippen LogP contribution in [0.1, 0.15) is 173 Å². The van der Waals surface area contributed by atoms with E-state index in [2.05, 4.69) is 187 Å². The molecule has 0 saturated carbocycles. The summed E-state index contributed by atoms with van der Waals surface area (Å²) in [7, 11) is 0. The zero-order valence-electron chi connectivity index (χ0n) is 42.9. The largest absolute Gasteiger partial charge is 0.354 e. The monoisotopic (exact) mass is 934 g/mol. The average molecular weight is 935 g/mol. The summed E-state index contributed by atoms with van der Waals surface area (Å²) >= 11 is 0. The molecule has 0 amide bonds. The summed E-state index contributed by atoms with van der Waals surface area (Å²) in [5, 5.41) is 5.08. The Bertz CT molecular complexity index is 3790. The maximum Gasteiger partial charge on any atom is 0.0737 e. The lowest BCUT2D eigenvalue weighted by Gasteiger charge is -2.46. The fourth-order valence-electron chi connectivity index (χ4n) is 17.2. The van der Waals surface area contributed by atoms with Gasteiger partial charge in [-0.15, -0.1) is 0 Å². The van der Waals surface area contributed by atoms with Crippen LogP contribution in [0.3, 0.4) is 0 Å². The van der Waals surface area contributed by atoms with Crippen molar-refractivity contribution < 1.29 is 0 Å². The van der Waals surface area contributed by atoms with Gasteiger partial charge in [0.2, 0.25) is 0 Å². The molecule has 8 unspecified atom stereocenters. The molecule has 16 bridgehead atoms. The van der Waals surface area contributed by atoms with Gasteiger partial charge in [0.25, 0.3) is 0 Å². The molecule has 21 rings (SSSR count). The normalized spacial score (nSPS) is 28.6. The van der Waals surface area contributed by atoms with Crippen molar-refractivity contribution in [2.24, 2.45) is 21.7 Å². The molecule has 2 N–H and O–H groups in total. The second-order valence-electron chi connectivity index (χ2n) is 27.0. The van der Waals surface area contributed by atoms with Gasteiger partial charge in [0.1, 0.15) is 0 Å². The summed E-state index contributed by atoms with van der Waals surface area (Å²) in [5.41, 5.74) is 26.3. The Morgan fingerprint density at radius 3 is 0.819 bits per heavy atom. The Morgan fingerprint density at radius 1 is 0.306 bits per heavy atom. The molecule has 0 spiro atoms. The van der Waals surface area contributed by atoms with E-state index < -0.39 is 0 Å². The maximum absolute atomic E-state index is 5.77. The summed E-state index contributed by atoms with van der Waals surface area (Å²) in [6.07, 6.45) is 24.7. The van der Waals surface area contributed by atoms with Crippen LogP contribution in [0.25, 0.3) is 88.6 Å². The number of nitrogens with one attached hydrogen (secondary N) is 2. The summed E-state index contributed by atoms with van der Waals surface area (Å²) in [5.74, 6) is 3.21. The predicted octanol–water partition coefficient (Wildman–Crippen LogP) is 18.0. The number of hydrogen-bond donors (Lipinski definition) is 2. The third kappa shape index (κ3) is 5.24. The van der Waals surface area contributed by atoms with Crippen molar-refractivity contribution in [2.75, 3.05) is 0 Å². The summed E-state index contributed by atoms with van der Waals surface area (Å²) in [4.78, 5) is 19.8. The zero-order chi connectivity index (χ0) is 48.3. The van der Waals surface area contributed by atoms with Crippen LogP contribution in [0.2, 0.25) is 0 Å². The number of nitrogens with zero attached hydrogens (tertiary/aromatic N) is 2. The predicted molar refractivity (Wildman–Crippen MR) is 297 cm³/mol. The molecule has 12 aliphatic carbocycles. The van der Waals surface area contributed by atoms with Crippen LogP contribution in [0, 0.1) is 21.7 Å². The van der Waals surface area contributed by atoms with Gasteiger partial charge in [-0.3, -0.25) is 0 Å². The van der Waals surface area contributed by atoms with Crippen molar-refractivity contribution >= 4 is 43.6 Å². The van der Waals surface area contributed by atoms with E-state index >= 15 is 0 Å². The number of rotatable bonds is 0. The van der Waals surface area contributed by atoms with Gasteiger partial charge in [0.05, 0.1) is 22.8 Å². The van der Waals surface area contributed by atoms with E-state index in [4.69, 9.17) is 9.97 Å². The van der Waals surface area contributed by atoms with Crippen LogP contribution in [-0.4, -0.2) is 19.9 Å². The van der Waals surface area contributed by atoms with Gasteiger partial charge in [0.15, 0.2) is 0 Å². The van der Waals surface area contributed by atoms with E-state index in [1.165, 1.54) is 114 Å². The Morgan fingerprint density at radius 2 is 0.542 bits per heavy atom. The van der Waals surface area contributed by atoms with E-state index in [1.807, 2.05) is 0 Å². The number of aromatic amines is 2. The van der Waals surface area contributed by atoms with Gasteiger partial charge in [-0.1, -0.05) is 104 Å². The first-order chi connectivity index (χ1) is 34.5. The van der Waals surface area contributed by atoms with Gasteiger partial charge >= 0.3 is 0 Å². The second kappa shape index (κ2) is 13.0. The molecule has 4 nitrogen and oxygen atoms in total. The standard InChI is InChI=1S/C68H62N4/c1-65(2)29-33-9-13-53(65)41-21-49-45(17-37(33)41)57-25-58-47-19-39-35-11-15-55(67(5,6)31-35)43(39)23-51(47)63(71-58)28-64-52-24-44-40(36-12-16-56(44)68(7,8)32-36)20-48(52)60(72-64)26-59-46-18-38-34-10-14-54(66(3,4)30-34)42(38)22-50(46)62(70-59)27-61(49)69-57/h9-28,33-36,53-56,69,72H,29-32H2,1-8H3. The van der Waals surface area contributed by atoms with Crippen LogP contribution < -0.4 is 0 Å².